The lowest BCUT2D eigenvalue weighted by molar-refractivity contribution is 0.306. The molecule has 0 saturated heterocycles. The predicted molar refractivity (Wildman–Crippen MR) is 77.6 cm³/mol. The van der Waals surface area contributed by atoms with Gasteiger partial charge < -0.3 is 4.74 Å². The van der Waals surface area contributed by atoms with Crippen molar-refractivity contribution in [1.29, 1.82) is 0 Å². The van der Waals surface area contributed by atoms with Gasteiger partial charge in [-0.1, -0.05) is 6.07 Å². The molecule has 0 aliphatic heterocycles. The zero-order valence-electron chi connectivity index (χ0n) is 10.8. The zero-order chi connectivity index (χ0) is 14.7. The third kappa shape index (κ3) is 3.25. The highest BCUT2D eigenvalue weighted by atomic mass is 79.9. The number of hydrogen-bond acceptors (Lipinski definition) is 4. The van der Waals surface area contributed by atoms with Gasteiger partial charge >= 0.3 is 0 Å². The van der Waals surface area contributed by atoms with Gasteiger partial charge in [-0.2, -0.15) is 0 Å². The van der Waals surface area contributed by atoms with Crippen LogP contribution in [0.2, 0.25) is 0 Å². The molecule has 0 aliphatic carbocycles. The van der Waals surface area contributed by atoms with Crippen molar-refractivity contribution in [1.82, 2.24) is 20.2 Å². The lowest BCUT2D eigenvalue weighted by Gasteiger charge is -2.07. The summed E-state index contributed by atoms with van der Waals surface area (Å²) in [6.07, 6.45) is 1.52. The molecular formula is C14H10BrFN4O. The van der Waals surface area contributed by atoms with Crippen LogP contribution in [0.5, 0.6) is 5.75 Å². The normalized spacial score (nSPS) is 10.6. The fourth-order valence-corrected chi connectivity index (χ4v) is 2.20. The summed E-state index contributed by atoms with van der Waals surface area (Å²) in [5.41, 5.74) is 1.73. The molecule has 21 heavy (non-hydrogen) atoms. The third-order valence-corrected chi connectivity index (χ3v) is 3.45. The molecule has 0 saturated carbocycles. The summed E-state index contributed by atoms with van der Waals surface area (Å²) >= 11 is 3.15. The monoisotopic (exact) mass is 348 g/mol. The topological polar surface area (TPSA) is 52.8 Å². The molecule has 0 atom stereocenters. The van der Waals surface area contributed by atoms with Crippen LogP contribution in [0.1, 0.15) is 5.56 Å². The minimum atomic E-state index is -0.287. The molecule has 0 aliphatic rings. The summed E-state index contributed by atoms with van der Waals surface area (Å²) in [6.45, 7) is 0.364. The maximum atomic E-state index is 13.1. The Labute approximate surface area is 128 Å². The molecule has 7 heteroatoms. The maximum Gasteiger partial charge on any atom is 0.143 e. The standard InChI is InChI=1S/C14H10BrFN4O/c15-13-7-10(1-6-14(13)16)8-21-12-4-2-11(3-5-12)20-9-17-18-19-20/h1-7,9H,8H2. The van der Waals surface area contributed by atoms with Crippen LogP contribution in [0, 0.1) is 5.82 Å². The number of rotatable bonds is 4. The first kappa shape index (κ1) is 13.7. The number of nitrogens with zero attached hydrogens (tertiary/aromatic N) is 4. The van der Waals surface area contributed by atoms with Crippen LogP contribution in [-0.2, 0) is 6.61 Å². The van der Waals surface area contributed by atoms with Gasteiger partial charge in [0.05, 0.1) is 10.2 Å². The molecule has 0 unspecified atom stereocenters. The van der Waals surface area contributed by atoms with Crippen molar-refractivity contribution in [3.63, 3.8) is 0 Å². The number of halogens is 2. The quantitative estimate of drug-likeness (QED) is 0.726. The highest BCUT2D eigenvalue weighted by molar-refractivity contribution is 9.10. The lowest BCUT2D eigenvalue weighted by atomic mass is 10.2. The van der Waals surface area contributed by atoms with Gasteiger partial charge in [-0.25, -0.2) is 9.07 Å². The van der Waals surface area contributed by atoms with Gasteiger partial charge in [0.25, 0.3) is 0 Å². The summed E-state index contributed by atoms with van der Waals surface area (Å²) in [6, 6.07) is 12.2. The number of benzene rings is 2. The fraction of sp³-hybridized carbons (Fsp3) is 0.0714. The fourth-order valence-electron chi connectivity index (χ4n) is 1.77. The Hall–Kier alpha value is -2.28. The van der Waals surface area contributed by atoms with Crippen molar-refractivity contribution >= 4 is 15.9 Å². The van der Waals surface area contributed by atoms with Crippen LogP contribution in [0.25, 0.3) is 5.69 Å². The van der Waals surface area contributed by atoms with E-state index >= 15 is 0 Å². The molecule has 0 N–H and O–H groups in total. The van der Waals surface area contributed by atoms with Crippen LogP contribution >= 0.6 is 15.9 Å². The smallest absolute Gasteiger partial charge is 0.143 e. The first-order chi connectivity index (χ1) is 10.2. The molecule has 0 bridgehead atoms. The Morgan fingerprint density at radius 2 is 1.95 bits per heavy atom. The summed E-state index contributed by atoms with van der Waals surface area (Å²) in [5, 5.41) is 11.0. The molecule has 3 aromatic rings. The second kappa shape index (κ2) is 6.01. The molecule has 0 amide bonds. The highest BCUT2D eigenvalue weighted by Crippen LogP contribution is 2.19. The van der Waals surface area contributed by atoms with E-state index in [1.807, 2.05) is 24.3 Å². The Morgan fingerprint density at radius 1 is 1.14 bits per heavy atom. The molecular weight excluding hydrogens is 339 g/mol. The van der Waals surface area contributed by atoms with Crippen LogP contribution < -0.4 is 4.74 Å². The number of hydrogen-bond donors (Lipinski definition) is 0. The number of aromatic nitrogens is 4. The minimum Gasteiger partial charge on any atom is -0.489 e. The van der Waals surface area contributed by atoms with Crippen molar-refractivity contribution in [3.8, 4) is 11.4 Å². The van der Waals surface area contributed by atoms with E-state index in [1.165, 1.54) is 12.4 Å². The van der Waals surface area contributed by atoms with Gasteiger partial charge in [-0.15, -0.1) is 5.10 Å². The average molecular weight is 349 g/mol. The molecule has 0 spiro atoms. The summed E-state index contributed by atoms with van der Waals surface area (Å²) in [5.74, 6) is 0.428. The van der Waals surface area contributed by atoms with Crippen LogP contribution in [-0.4, -0.2) is 20.2 Å². The molecule has 1 heterocycles. The van der Waals surface area contributed by atoms with E-state index in [0.717, 1.165) is 11.3 Å². The first-order valence-corrected chi connectivity index (χ1v) is 6.92. The molecule has 0 radical (unpaired) electrons. The number of ether oxygens (including phenoxy) is 1. The number of tetrazole rings is 1. The first-order valence-electron chi connectivity index (χ1n) is 6.12. The molecule has 2 aromatic carbocycles. The molecule has 3 rings (SSSR count). The zero-order valence-corrected chi connectivity index (χ0v) is 12.4. The third-order valence-electron chi connectivity index (χ3n) is 2.84. The van der Waals surface area contributed by atoms with Gasteiger partial charge in [-0.3, -0.25) is 0 Å². The van der Waals surface area contributed by atoms with E-state index in [2.05, 4.69) is 31.5 Å². The van der Waals surface area contributed by atoms with Gasteiger partial charge in [0.2, 0.25) is 0 Å². The SMILES string of the molecule is Fc1ccc(COc2ccc(-n3cnnn3)cc2)cc1Br. The van der Waals surface area contributed by atoms with E-state index in [9.17, 15) is 4.39 Å². The van der Waals surface area contributed by atoms with E-state index in [-0.39, 0.29) is 5.82 Å². The molecule has 106 valence electrons. The van der Waals surface area contributed by atoms with Crippen molar-refractivity contribution < 1.29 is 9.13 Å². The highest BCUT2D eigenvalue weighted by Gasteiger charge is 2.02. The second-order valence-corrected chi connectivity index (χ2v) is 5.14. The van der Waals surface area contributed by atoms with Crippen LogP contribution in [0.4, 0.5) is 4.39 Å². The Morgan fingerprint density at radius 3 is 2.62 bits per heavy atom. The summed E-state index contributed by atoms with van der Waals surface area (Å²) in [7, 11) is 0. The van der Waals surface area contributed by atoms with Gasteiger partial charge in [0.15, 0.2) is 0 Å². The van der Waals surface area contributed by atoms with Gasteiger partial charge in [-0.05, 0) is 68.3 Å². The largest absolute Gasteiger partial charge is 0.489 e. The Kier molecular flexibility index (Phi) is 3.92. The lowest BCUT2D eigenvalue weighted by Crippen LogP contribution is -1.98. The average Bonchev–Trinajstić information content (AvgIpc) is 3.03. The predicted octanol–water partition coefficient (Wildman–Crippen LogP) is 3.14. The Balaban J connectivity index is 1.66. The minimum absolute atomic E-state index is 0.287. The van der Waals surface area contributed by atoms with Gasteiger partial charge in [0.1, 0.15) is 24.5 Å². The van der Waals surface area contributed by atoms with E-state index < -0.39 is 0 Å². The molecule has 5 nitrogen and oxygen atoms in total. The van der Waals surface area contributed by atoms with Crippen molar-refractivity contribution in [2.45, 2.75) is 6.61 Å². The molecule has 0 fully saturated rings. The van der Waals surface area contributed by atoms with Crippen LogP contribution in [0.15, 0.2) is 53.3 Å². The summed E-state index contributed by atoms with van der Waals surface area (Å²) < 4.78 is 20.8. The summed E-state index contributed by atoms with van der Waals surface area (Å²) in [4.78, 5) is 0. The molecule has 1 aromatic heterocycles. The van der Waals surface area contributed by atoms with E-state index in [4.69, 9.17) is 4.74 Å². The Bertz CT molecular complexity index is 731. The second-order valence-electron chi connectivity index (χ2n) is 4.29. The van der Waals surface area contributed by atoms with Gasteiger partial charge in [0, 0.05) is 0 Å². The maximum absolute atomic E-state index is 13.1. The van der Waals surface area contributed by atoms with Crippen molar-refractivity contribution in [3.05, 3.63) is 64.6 Å². The van der Waals surface area contributed by atoms with Crippen molar-refractivity contribution in [2.75, 3.05) is 0 Å². The van der Waals surface area contributed by atoms with E-state index in [0.29, 0.717) is 16.8 Å². The van der Waals surface area contributed by atoms with Crippen LogP contribution in [0.3, 0.4) is 0 Å². The van der Waals surface area contributed by atoms with Crippen molar-refractivity contribution in [2.24, 2.45) is 0 Å². The van der Waals surface area contributed by atoms with E-state index in [1.54, 1.807) is 16.8 Å².